The Hall–Kier alpha value is -0.300. The molecule has 1 aliphatic carbocycles. The SMILES string of the molecule is CCC(C)CNCC1CC=CCC1. The van der Waals surface area contributed by atoms with Gasteiger partial charge in [-0.2, -0.15) is 0 Å². The first-order valence-electron chi connectivity index (χ1n) is 5.68. The quantitative estimate of drug-likeness (QED) is 0.643. The molecule has 0 bridgehead atoms. The Bertz CT molecular complexity index is 151. The average molecular weight is 181 g/mol. The normalized spacial score (nSPS) is 24.6. The molecule has 0 aromatic carbocycles. The summed E-state index contributed by atoms with van der Waals surface area (Å²) in [4.78, 5) is 0. The van der Waals surface area contributed by atoms with Crippen LogP contribution in [0.5, 0.6) is 0 Å². The van der Waals surface area contributed by atoms with Crippen LogP contribution in [-0.2, 0) is 0 Å². The van der Waals surface area contributed by atoms with Crippen molar-refractivity contribution < 1.29 is 0 Å². The zero-order valence-corrected chi connectivity index (χ0v) is 9.05. The first kappa shape index (κ1) is 10.8. The predicted octanol–water partition coefficient (Wildman–Crippen LogP) is 2.98. The van der Waals surface area contributed by atoms with E-state index in [1.54, 1.807) is 0 Å². The van der Waals surface area contributed by atoms with Gasteiger partial charge < -0.3 is 5.32 Å². The van der Waals surface area contributed by atoms with E-state index in [0.29, 0.717) is 0 Å². The third kappa shape index (κ3) is 4.47. The maximum Gasteiger partial charge on any atom is -0.00173 e. The second-order valence-corrected chi connectivity index (χ2v) is 4.32. The molecule has 1 rings (SSSR count). The highest BCUT2D eigenvalue weighted by Crippen LogP contribution is 2.16. The largest absolute Gasteiger partial charge is 0.316 e. The van der Waals surface area contributed by atoms with Crippen molar-refractivity contribution in [2.24, 2.45) is 11.8 Å². The predicted molar refractivity (Wildman–Crippen MR) is 58.8 cm³/mol. The van der Waals surface area contributed by atoms with Crippen molar-refractivity contribution in [2.75, 3.05) is 13.1 Å². The van der Waals surface area contributed by atoms with Crippen LogP contribution < -0.4 is 5.32 Å². The van der Waals surface area contributed by atoms with Crippen molar-refractivity contribution in [1.29, 1.82) is 0 Å². The molecule has 76 valence electrons. The Morgan fingerprint density at radius 2 is 2.31 bits per heavy atom. The van der Waals surface area contributed by atoms with Gasteiger partial charge in [0.2, 0.25) is 0 Å². The monoisotopic (exact) mass is 181 g/mol. The molecule has 1 heteroatoms. The van der Waals surface area contributed by atoms with Crippen LogP contribution >= 0.6 is 0 Å². The van der Waals surface area contributed by atoms with E-state index in [2.05, 4.69) is 31.3 Å². The topological polar surface area (TPSA) is 12.0 Å². The fourth-order valence-corrected chi connectivity index (χ4v) is 1.72. The smallest absolute Gasteiger partial charge is 0.00173 e. The van der Waals surface area contributed by atoms with E-state index in [-0.39, 0.29) is 0 Å². The summed E-state index contributed by atoms with van der Waals surface area (Å²) in [6, 6.07) is 0. The summed E-state index contributed by atoms with van der Waals surface area (Å²) in [5, 5.41) is 3.57. The maximum absolute atomic E-state index is 3.57. The summed E-state index contributed by atoms with van der Waals surface area (Å²) in [6.07, 6.45) is 9.88. The zero-order chi connectivity index (χ0) is 9.52. The Morgan fingerprint density at radius 1 is 1.46 bits per heavy atom. The molecule has 0 radical (unpaired) electrons. The van der Waals surface area contributed by atoms with Gasteiger partial charge in [-0.25, -0.2) is 0 Å². The summed E-state index contributed by atoms with van der Waals surface area (Å²) in [6.45, 7) is 6.98. The third-order valence-electron chi connectivity index (χ3n) is 3.00. The van der Waals surface area contributed by atoms with Gasteiger partial charge in [-0.3, -0.25) is 0 Å². The van der Waals surface area contributed by atoms with Crippen LogP contribution in [0.1, 0.15) is 39.5 Å². The van der Waals surface area contributed by atoms with Crippen molar-refractivity contribution in [2.45, 2.75) is 39.5 Å². The first-order valence-corrected chi connectivity index (χ1v) is 5.68. The van der Waals surface area contributed by atoms with E-state index in [1.165, 1.54) is 38.8 Å². The average Bonchev–Trinajstić information content (AvgIpc) is 2.19. The Kier molecular flexibility index (Phi) is 5.14. The molecule has 0 heterocycles. The molecule has 2 atom stereocenters. The summed E-state index contributed by atoms with van der Waals surface area (Å²) >= 11 is 0. The minimum Gasteiger partial charge on any atom is -0.316 e. The minimum absolute atomic E-state index is 0.833. The Morgan fingerprint density at radius 3 is 2.92 bits per heavy atom. The Labute approximate surface area is 82.6 Å². The third-order valence-corrected chi connectivity index (χ3v) is 3.00. The molecule has 1 nitrogen and oxygen atoms in total. The molecule has 0 aliphatic heterocycles. The number of hydrogen-bond acceptors (Lipinski definition) is 1. The molecule has 1 aliphatic rings. The highest BCUT2D eigenvalue weighted by atomic mass is 14.9. The molecule has 0 aromatic rings. The lowest BCUT2D eigenvalue weighted by Crippen LogP contribution is -2.27. The fraction of sp³-hybridized carbons (Fsp3) is 0.833. The van der Waals surface area contributed by atoms with Gasteiger partial charge in [0.15, 0.2) is 0 Å². The zero-order valence-electron chi connectivity index (χ0n) is 9.05. The van der Waals surface area contributed by atoms with Gasteiger partial charge >= 0.3 is 0 Å². The van der Waals surface area contributed by atoms with Gasteiger partial charge in [-0.05, 0) is 44.2 Å². The number of allylic oxidation sites excluding steroid dienone is 2. The van der Waals surface area contributed by atoms with E-state index < -0.39 is 0 Å². The van der Waals surface area contributed by atoms with Gasteiger partial charge in [0.05, 0.1) is 0 Å². The minimum atomic E-state index is 0.833. The second kappa shape index (κ2) is 6.20. The molecule has 0 amide bonds. The van der Waals surface area contributed by atoms with Crippen molar-refractivity contribution in [3.8, 4) is 0 Å². The first-order chi connectivity index (χ1) is 6.33. The molecule has 0 saturated heterocycles. The molecular weight excluding hydrogens is 158 g/mol. The van der Waals surface area contributed by atoms with Crippen LogP contribution in [0, 0.1) is 11.8 Å². The van der Waals surface area contributed by atoms with Gasteiger partial charge in [0.25, 0.3) is 0 Å². The lowest BCUT2D eigenvalue weighted by molar-refractivity contribution is 0.411. The van der Waals surface area contributed by atoms with Crippen LogP contribution in [0.3, 0.4) is 0 Å². The molecule has 0 aromatic heterocycles. The molecule has 0 saturated carbocycles. The van der Waals surface area contributed by atoms with E-state index in [9.17, 15) is 0 Å². The lowest BCUT2D eigenvalue weighted by atomic mass is 9.94. The van der Waals surface area contributed by atoms with E-state index in [4.69, 9.17) is 0 Å². The van der Waals surface area contributed by atoms with Crippen molar-refractivity contribution in [3.05, 3.63) is 12.2 Å². The summed E-state index contributed by atoms with van der Waals surface area (Å²) in [5.41, 5.74) is 0. The highest BCUT2D eigenvalue weighted by molar-refractivity contribution is 4.90. The summed E-state index contributed by atoms with van der Waals surface area (Å²) in [7, 11) is 0. The molecule has 13 heavy (non-hydrogen) atoms. The van der Waals surface area contributed by atoms with E-state index in [1.807, 2.05) is 0 Å². The Balaban J connectivity index is 2.02. The van der Waals surface area contributed by atoms with E-state index in [0.717, 1.165) is 11.8 Å². The van der Waals surface area contributed by atoms with Crippen LogP contribution in [0.25, 0.3) is 0 Å². The van der Waals surface area contributed by atoms with Crippen LogP contribution in [-0.4, -0.2) is 13.1 Å². The lowest BCUT2D eigenvalue weighted by Gasteiger charge is -2.19. The number of hydrogen-bond donors (Lipinski definition) is 1. The summed E-state index contributed by atoms with van der Waals surface area (Å²) in [5.74, 6) is 1.73. The highest BCUT2D eigenvalue weighted by Gasteiger charge is 2.09. The van der Waals surface area contributed by atoms with Crippen molar-refractivity contribution in [3.63, 3.8) is 0 Å². The van der Waals surface area contributed by atoms with E-state index >= 15 is 0 Å². The van der Waals surface area contributed by atoms with Gasteiger partial charge in [-0.1, -0.05) is 32.4 Å². The fourth-order valence-electron chi connectivity index (χ4n) is 1.72. The standard InChI is InChI=1S/C12H23N/c1-3-11(2)9-13-10-12-7-5-4-6-8-12/h4-5,11-13H,3,6-10H2,1-2H3. The van der Waals surface area contributed by atoms with Crippen molar-refractivity contribution in [1.82, 2.24) is 5.32 Å². The van der Waals surface area contributed by atoms with Crippen LogP contribution in [0.4, 0.5) is 0 Å². The van der Waals surface area contributed by atoms with Gasteiger partial charge in [0, 0.05) is 0 Å². The van der Waals surface area contributed by atoms with Crippen molar-refractivity contribution >= 4 is 0 Å². The molecule has 0 spiro atoms. The van der Waals surface area contributed by atoms with Crippen LogP contribution in [0.15, 0.2) is 12.2 Å². The van der Waals surface area contributed by atoms with Crippen LogP contribution in [0.2, 0.25) is 0 Å². The number of nitrogens with one attached hydrogen (secondary N) is 1. The second-order valence-electron chi connectivity index (χ2n) is 4.32. The molecular formula is C12H23N. The summed E-state index contributed by atoms with van der Waals surface area (Å²) < 4.78 is 0. The maximum atomic E-state index is 3.57. The molecule has 1 N–H and O–H groups in total. The molecule has 0 fully saturated rings. The number of rotatable bonds is 5. The molecule has 2 unspecified atom stereocenters. The van der Waals surface area contributed by atoms with Gasteiger partial charge in [-0.15, -0.1) is 0 Å². The van der Waals surface area contributed by atoms with Gasteiger partial charge in [0.1, 0.15) is 0 Å².